The van der Waals surface area contributed by atoms with Crippen LogP contribution in [0.2, 0.25) is 0 Å². The van der Waals surface area contributed by atoms with Gasteiger partial charge in [0, 0.05) is 39.6 Å². The first-order chi connectivity index (χ1) is 9.16. The van der Waals surface area contributed by atoms with E-state index in [1.54, 1.807) is 6.07 Å². The lowest BCUT2D eigenvalue weighted by Gasteiger charge is -2.27. The Morgan fingerprint density at radius 1 is 1.42 bits per heavy atom. The summed E-state index contributed by atoms with van der Waals surface area (Å²) in [6.07, 6.45) is 0.823. The van der Waals surface area contributed by atoms with E-state index in [-0.39, 0.29) is 11.7 Å². The number of amides is 1. The number of hydrogen-bond acceptors (Lipinski definition) is 4. The minimum Gasteiger partial charge on any atom is -0.506 e. The van der Waals surface area contributed by atoms with Gasteiger partial charge in [-0.1, -0.05) is 12.1 Å². The summed E-state index contributed by atoms with van der Waals surface area (Å²) in [4.78, 5) is 13.6. The Balaban J connectivity index is 2.02. The summed E-state index contributed by atoms with van der Waals surface area (Å²) >= 11 is 0. The van der Waals surface area contributed by atoms with Crippen molar-refractivity contribution in [2.75, 3.05) is 38.0 Å². The van der Waals surface area contributed by atoms with E-state index in [0.717, 1.165) is 44.7 Å². The van der Waals surface area contributed by atoms with Gasteiger partial charge >= 0.3 is 0 Å². The van der Waals surface area contributed by atoms with Gasteiger partial charge in [0.1, 0.15) is 5.75 Å². The van der Waals surface area contributed by atoms with Crippen LogP contribution in [0.15, 0.2) is 18.2 Å². The lowest BCUT2D eigenvalue weighted by atomic mass is 10.1. The van der Waals surface area contributed by atoms with Crippen molar-refractivity contribution in [2.45, 2.75) is 13.3 Å². The second kappa shape index (κ2) is 6.54. The minimum atomic E-state index is -0.162. The van der Waals surface area contributed by atoms with E-state index in [0.29, 0.717) is 5.69 Å². The summed E-state index contributed by atoms with van der Waals surface area (Å²) in [5, 5.41) is 15.9. The molecule has 0 bridgehead atoms. The normalized spacial score (nSPS) is 16.3. The lowest BCUT2D eigenvalue weighted by Crippen LogP contribution is -2.44. The largest absolute Gasteiger partial charge is 0.506 e. The Morgan fingerprint density at radius 3 is 2.84 bits per heavy atom. The van der Waals surface area contributed by atoms with Crippen LogP contribution in [0.4, 0.5) is 5.69 Å². The van der Waals surface area contributed by atoms with Crippen LogP contribution in [-0.2, 0) is 11.2 Å². The monoisotopic (exact) mass is 263 g/mol. The zero-order valence-corrected chi connectivity index (χ0v) is 11.3. The standard InChI is InChI=1S/C14H21N3O2/c1-11(18)16-14-12(3-2-4-13(14)19)5-8-17-9-6-15-7-10-17/h2-4,15,19H,5-10H2,1H3,(H,16,18). The highest BCUT2D eigenvalue weighted by Gasteiger charge is 2.12. The zero-order chi connectivity index (χ0) is 13.7. The molecule has 0 saturated carbocycles. The molecule has 5 nitrogen and oxygen atoms in total. The van der Waals surface area contributed by atoms with Gasteiger partial charge in [-0.15, -0.1) is 0 Å². The van der Waals surface area contributed by atoms with E-state index < -0.39 is 0 Å². The number of carbonyl (C=O) groups excluding carboxylic acids is 1. The molecule has 5 heteroatoms. The summed E-state index contributed by atoms with van der Waals surface area (Å²) in [7, 11) is 0. The van der Waals surface area contributed by atoms with Gasteiger partial charge in [-0.05, 0) is 18.1 Å². The molecule has 3 N–H and O–H groups in total. The number of phenolic OH excluding ortho intramolecular Hbond substituents is 1. The van der Waals surface area contributed by atoms with Gasteiger partial charge in [-0.2, -0.15) is 0 Å². The van der Waals surface area contributed by atoms with E-state index in [4.69, 9.17) is 0 Å². The maximum Gasteiger partial charge on any atom is 0.221 e. The third kappa shape index (κ3) is 3.94. The van der Waals surface area contributed by atoms with Crippen molar-refractivity contribution in [3.8, 4) is 5.75 Å². The van der Waals surface area contributed by atoms with Gasteiger partial charge in [0.15, 0.2) is 0 Å². The van der Waals surface area contributed by atoms with Gasteiger partial charge in [-0.3, -0.25) is 4.79 Å². The topological polar surface area (TPSA) is 64.6 Å². The average molecular weight is 263 g/mol. The summed E-state index contributed by atoms with van der Waals surface area (Å²) in [6, 6.07) is 5.36. The van der Waals surface area contributed by atoms with Crippen molar-refractivity contribution < 1.29 is 9.90 Å². The van der Waals surface area contributed by atoms with Crippen molar-refractivity contribution in [1.82, 2.24) is 10.2 Å². The second-order valence-corrected chi connectivity index (χ2v) is 4.83. The second-order valence-electron chi connectivity index (χ2n) is 4.83. The molecule has 1 aliphatic rings. The molecule has 1 amide bonds. The number of para-hydroxylation sites is 1. The first-order valence-electron chi connectivity index (χ1n) is 6.68. The highest BCUT2D eigenvalue weighted by Crippen LogP contribution is 2.27. The average Bonchev–Trinajstić information content (AvgIpc) is 2.40. The van der Waals surface area contributed by atoms with Crippen LogP contribution in [0.3, 0.4) is 0 Å². The molecule has 1 saturated heterocycles. The summed E-state index contributed by atoms with van der Waals surface area (Å²) in [5.74, 6) is -0.0297. The maximum absolute atomic E-state index is 11.2. The first-order valence-corrected chi connectivity index (χ1v) is 6.68. The van der Waals surface area contributed by atoms with Gasteiger partial charge in [-0.25, -0.2) is 0 Å². The van der Waals surface area contributed by atoms with E-state index in [2.05, 4.69) is 15.5 Å². The molecule has 1 heterocycles. The fourth-order valence-electron chi connectivity index (χ4n) is 2.33. The molecule has 19 heavy (non-hydrogen) atoms. The van der Waals surface area contributed by atoms with Crippen LogP contribution < -0.4 is 10.6 Å². The molecule has 1 aliphatic heterocycles. The predicted octanol–water partition coefficient (Wildman–Crippen LogP) is 0.798. The number of hydrogen-bond donors (Lipinski definition) is 3. The van der Waals surface area contributed by atoms with Gasteiger partial charge in [0.2, 0.25) is 5.91 Å². The molecule has 0 aliphatic carbocycles. The van der Waals surface area contributed by atoms with Crippen molar-refractivity contribution in [3.63, 3.8) is 0 Å². The number of piperazine rings is 1. The van der Waals surface area contributed by atoms with Crippen LogP contribution in [0.5, 0.6) is 5.75 Å². The van der Waals surface area contributed by atoms with Crippen LogP contribution in [0.25, 0.3) is 0 Å². The Labute approximate surface area is 113 Å². The van der Waals surface area contributed by atoms with Crippen molar-refractivity contribution in [1.29, 1.82) is 0 Å². The molecule has 0 aromatic heterocycles. The molecule has 0 spiro atoms. The van der Waals surface area contributed by atoms with E-state index >= 15 is 0 Å². The molecular formula is C14H21N3O2. The van der Waals surface area contributed by atoms with Crippen molar-refractivity contribution >= 4 is 11.6 Å². The van der Waals surface area contributed by atoms with Crippen LogP contribution >= 0.6 is 0 Å². The van der Waals surface area contributed by atoms with Crippen LogP contribution in [0.1, 0.15) is 12.5 Å². The number of anilines is 1. The molecule has 1 aromatic carbocycles. The fourth-order valence-corrected chi connectivity index (χ4v) is 2.33. The fraction of sp³-hybridized carbons (Fsp3) is 0.500. The summed E-state index contributed by atoms with van der Waals surface area (Å²) in [5.41, 5.74) is 1.53. The SMILES string of the molecule is CC(=O)Nc1c(O)cccc1CCN1CCNCC1. The predicted molar refractivity (Wildman–Crippen MR) is 75.4 cm³/mol. The van der Waals surface area contributed by atoms with Crippen molar-refractivity contribution in [3.05, 3.63) is 23.8 Å². The van der Waals surface area contributed by atoms with Gasteiger partial charge < -0.3 is 20.6 Å². The number of carbonyl (C=O) groups is 1. The zero-order valence-electron chi connectivity index (χ0n) is 11.3. The third-order valence-corrected chi connectivity index (χ3v) is 3.34. The summed E-state index contributed by atoms with van der Waals surface area (Å²) < 4.78 is 0. The number of nitrogens with one attached hydrogen (secondary N) is 2. The molecular weight excluding hydrogens is 242 g/mol. The lowest BCUT2D eigenvalue weighted by molar-refractivity contribution is -0.114. The number of rotatable bonds is 4. The molecule has 2 rings (SSSR count). The number of aromatic hydroxyl groups is 1. The number of benzene rings is 1. The quantitative estimate of drug-likeness (QED) is 0.703. The smallest absolute Gasteiger partial charge is 0.221 e. The molecule has 0 atom stereocenters. The number of phenols is 1. The molecule has 0 radical (unpaired) electrons. The van der Waals surface area contributed by atoms with E-state index in [1.165, 1.54) is 6.92 Å². The van der Waals surface area contributed by atoms with Gasteiger partial charge in [0.25, 0.3) is 0 Å². The van der Waals surface area contributed by atoms with E-state index in [9.17, 15) is 9.90 Å². The van der Waals surface area contributed by atoms with Gasteiger partial charge in [0.05, 0.1) is 5.69 Å². The first kappa shape index (κ1) is 13.8. The molecule has 0 unspecified atom stereocenters. The van der Waals surface area contributed by atoms with E-state index in [1.807, 2.05) is 12.1 Å². The Morgan fingerprint density at radius 2 is 2.16 bits per heavy atom. The Kier molecular flexibility index (Phi) is 4.76. The van der Waals surface area contributed by atoms with Crippen molar-refractivity contribution in [2.24, 2.45) is 0 Å². The Hall–Kier alpha value is -1.59. The molecule has 1 fully saturated rings. The third-order valence-electron chi connectivity index (χ3n) is 3.34. The summed E-state index contributed by atoms with van der Waals surface area (Å²) in [6.45, 7) is 6.55. The maximum atomic E-state index is 11.2. The van der Waals surface area contributed by atoms with Crippen LogP contribution in [0, 0.1) is 0 Å². The Bertz CT molecular complexity index is 442. The highest BCUT2D eigenvalue weighted by atomic mass is 16.3. The minimum absolute atomic E-state index is 0.132. The number of nitrogens with zero attached hydrogens (tertiary/aromatic N) is 1. The highest BCUT2D eigenvalue weighted by molar-refractivity contribution is 5.91. The van der Waals surface area contributed by atoms with Crippen LogP contribution in [-0.4, -0.2) is 48.6 Å². The molecule has 1 aromatic rings. The molecule has 104 valence electrons.